The number of esters is 1. The second kappa shape index (κ2) is 7.62. The molecule has 1 aromatic heterocycles. The molecule has 0 aliphatic heterocycles. The van der Waals surface area contributed by atoms with E-state index in [1.54, 1.807) is 13.1 Å². The summed E-state index contributed by atoms with van der Waals surface area (Å²) in [5.41, 5.74) is 0.0168. The lowest BCUT2D eigenvalue weighted by Gasteiger charge is -2.26. The summed E-state index contributed by atoms with van der Waals surface area (Å²) in [5, 5.41) is 2.75. The molecule has 0 aliphatic carbocycles. The zero-order valence-electron chi connectivity index (χ0n) is 12.3. The van der Waals surface area contributed by atoms with Crippen LogP contribution >= 0.6 is 0 Å². The predicted octanol–water partition coefficient (Wildman–Crippen LogP) is 1.86. The van der Waals surface area contributed by atoms with Gasteiger partial charge in [0.15, 0.2) is 0 Å². The van der Waals surface area contributed by atoms with Crippen molar-refractivity contribution in [3.8, 4) is 0 Å². The van der Waals surface area contributed by atoms with Crippen LogP contribution in [0.4, 0.5) is 0 Å². The molecule has 0 radical (unpaired) electrons. The minimum Gasteiger partial charge on any atom is -0.467 e. The maximum Gasteiger partial charge on any atom is 0.331 e. The topological polar surface area (TPSA) is 68.3 Å². The van der Waals surface area contributed by atoms with Crippen molar-refractivity contribution < 1.29 is 14.3 Å². The molecule has 0 saturated heterocycles. The number of amides is 1. The molecule has 110 valence electrons. The fourth-order valence-corrected chi connectivity index (χ4v) is 1.86. The molecular weight excluding hydrogens is 256 g/mol. The Hall–Kier alpha value is -1.91. The van der Waals surface area contributed by atoms with E-state index in [4.69, 9.17) is 4.74 Å². The molecule has 0 saturated carbocycles. The highest BCUT2D eigenvalue weighted by atomic mass is 16.5. The number of pyridine rings is 1. The maximum atomic E-state index is 11.9. The first-order valence-corrected chi connectivity index (χ1v) is 6.81. The van der Waals surface area contributed by atoms with Crippen LogP contribution in [0.2, 0.25) is 0 Å². The maximum absolute atomic E-state index is 11.9. The minimum absolute atomic E-state index is 0.143. The molecule has 1 aromatic rings. The third-order valence-electron chi connectivity index (χ3n) is 3.32. The molecule has 0 spiro atoms. The number of carbonyl (C=O) groups excluding carboxylic acids is 2. The van der Waals surface area contributed by atoms with Gasteiger partial charge in [-0.05, 0) is 38.3 Å². The van der Waals surface area contributed by atoms with E-state index in [-0.39, 0.29) is 5.91 Å². The average Bonchev–Trinajstić information content (AvgIpc) is 2.47. The number of carbonyl (C=O) groups is 2. The van der Waals surface area contributed by atoms with Gasteiger partial charge in [0.2, 0.25) is 5.91 Å². The first-order valence-electron chi connectivity index (χ1n) is 6.81. The first kappa shape index (κ1) is 16.1. The first-order chi connectivity index (χ1) is 9.51. The highest BCUT2D eigenvalue weighted by molar-refractivity contribution is 5.87. The molecule has 1 rings (SSSR count). The van der Waals surface area contributed by atoms with Crippen molar-refractivity contribution in [3.63, 3.8) is 0 Å². The van der Waals surface area contributed by atoms with Crippen molar-refractivity contribution in [1.29, 1.82) is 0 Å². The molecule has 0 bridgehead atoms. The Morgan fingerprint density at radius 3 is 2.70 bits per heavy atom. The lowest BCUT2D eigenvalue weighted by Crippen LogP contribution is -2.52. The Kier molecular flexibility index (Phi) is 6.15. The molecule has 1 unspecified atom stereocenters. The lowest BCUT2D eigenvalue weighted by molar-refractivity contribution is -0.150. The van der Waals surface area contributed by atoms with Crippen LogP contribution in [-0.2, 0) is 20.7 Å². The van der Waals surface area contributed by atoms with Crippen LogP contribution in [0.5, 0.6) is 0 Å². The predicted molar refractivity (Wildman–Crippen MR) is 76.0 cm³/mol. The number of nitrogens with zero attached hydrogens (tertiary/aromatic N) is 1. The van der Waals surface area contributed by atoms with Crippen molar-refractivity contribution in [1.82, 2.24) is 10.3 Å². The van der Waals surface area contributed by atoms with Crippen molar-refractivity contribution in [3.05, 3.63) is 30.1 Å². The van der Waals surface area contributed by atoms with Gasteiger partial charge in [-0.3, -0.25) is 9.78 Å². The second-order valence-electron chi connectivity index (χ2n) is 4.90. The molecule has 1 atom stereocenters. The van der Waals surface area contributed by atoms with E-state index in [1.807, 2.05) is 25.1 Å². The van der Waals surface area contributed by atoms with Gasteiger partial charge in [-0.2, -0.15) is 0 Å². The highest BCUT2D eigenvalue weighted by Crippen LogP contribution is 2.12. The zero-order valence-corrected chi connectivity index (χ0v) is 12.3. The Bertz CT molecular complexity index is 448. The van der Waals surface area contributed by atoms with E-state index < -0.39 is 11.5 Å². The number of hydrogen-bond acceptors (Lipinski definition) is 4. The van der Waals surface area contributed by atoms with Gasteiger partial charge in [0, 0.05) is 18.3 Å². The van der Waals surface area contributed by atoms with Crippen molar-refractivity contribution in [2.24, 2.45) is 0 Å². The fraction of sp³-hybridized carbons (Fsp3) is 0.533. The molecule has 1 N–H and O–H groups in total. The van der Waals surface area contributed by atoms with Crippen LogP contribution < -0.4 is 5.32 Å². The molecule has 5 nitrogen and oxygen atoms in total. The average molecular weight is 278 g/mol. The van der Waals surface area contributed by atoms with Crippen LogP contribution in [0.3, 0.4) is 0 Å². The summed E-state index contributed by atoms with van der Waals surface area (Å²) in [6, 6.07) is 5.72. The molecule has 0 aliphatic rings. The Morgan fingerprint density at radius 2 is 2.15 bits per heavy atom. The van der Waals surface area contributed by atoms with Gasteiger partial charge in [-0.15, -0.1) is 0 Å². The van der Waals surface area contributed by atoms with Crippen molar-refractivity contribution in [2.45, 2.75) is 45.1 Å². The van der Waals surface area contributed by atoms with E-state index >= 15 is 0 Å². The number of ether oxygens (including phenoxy) is 1. The Balaban J connectivity index is 2.41. The van der Waals surface area contributed by atoms with Crippen LogP contribution in [0.1, 0.15) is 38.8 Å². The third kappa shape index (κ3) is 4.64. The van der Waals surface area contributed by atoms with E-state index in [9.17, 15) is 9.59 Å². The van der Waals surface area contributed by atoms with Crippen LogP contribution in [-0.4, -0.2) is 29.5 Å². The van der Waals surface area contributed by atoms with Gasteiger partial charge in [0.1, 0.15) is 5.54 Å². The Labute approximate surface area is 119 Å². The van der Waals surface area contributed by atoms with Gasteiger partial charge in [-0.25, -0.2) is 4.79 Å². The van der Waals surface area contributed by atoms with Gasteiger partial charge < -0.3 is 10.1 Å². The SMILES string of the molecule is CCC(C)(NC(=O)CCCc1ccccn1)C(=O)OC. The van der Waals surface area contributed by atoms with E-state index in [2.05, 4.69) is 10.3 Å². The normalized spacial score (nSPS) is 13.3. The molecule has 5 heteroatoms. The smallest absolute Gasteiger partial charge is 0.331 e. The van der Waals surface area contributed by atoms with Crippen molar-refractivity contribution in [2.75, 3.05) is 7.11 Å². The number of rotatable bonds is 7. The number of nitrogens with one attached hydrogen (secondary N) is 1. The zero-order chi connectivity index (χ0) is 15.0. The monoisotopic (exact) mass is 278 g/mol. The van der Waals surface area contributed by atoms with E-state index in [0.717, 1.165) is 12.1 Å². The largest absolute Gasteiger partial charge is 0.467 e. The summed E-state index contributed by atoms with van der Waals surface area (Å²) >= 11 is 0. The Morgan fingerprint density at radius 1 is 1.40 bits per heavy atom. The van der Waals surface area contributed by atoms with E-state index in [1.165, 1.54) is 7.11 Å². The number of aryl methyl sites for hydroxylation is 1. The minimum atomic E-state index is -0.948. The second-order valence-corrected chi connectivity index (χ2v) is 4.90. The standard InChI is InChI=1S/C15H22N2O3/c1-4-15(2,14(19)20-3)17-13(18)10-7-9-12-8-5-6-11-16-12/h5-6,8,11H,4,7,9-10H2,1-3H3,(H,17,18). The van der Waals surface area contributed by atoms with Gasteiger partial charge in [0.25, 0.3) is 0 Å². The number of aromatic nitrogens is 1. The summed E-state index contributed by atoms with van der Waals surface area (Å²) < 4.78 is 4.72. The summed E-state index contributed by atoms with van der Waals surface area (Å²) in [7, 11) is 1.32. The number of methoxy groups -OCH3 is 1. The van der Waals surface area contributed by atoms with Gasteiger partial charge in [-0.1, -0.05) is 13.0 Å². The summed E-state index contributed by atoms with van der Waals surface area (Å²) in [5.74, 6) is -0.561. The molecule has 1 heterocycles. The summed E-state index contributed by atoms with van der Waals surface area (Å²) in [6.45, 7) is 3.51. The summed E-state index contributed by atoms with van der Waals surface area (Å²) in [6.07, 6.45) is 4.04. The molecule has 0 aromatic carbocycles. The lowest BCUT2D eigenvalue weighted by atomic mass is 9.98. The van der Waals surface area contributed by atoms with Gasteiger partial charge in [0.05, 0.1) is 7.11 Å². The fourth-order valence-electron chi connectivity index (χ4n) is 1.86. The quantitative estimate of drug-likeness (QED) is 0.773. The van der Waals surface area contributed by atoms with Crippen LogP contribution in [0, 0.1) is 0 Å². The van der Waals surface area contributed by atoms with Gasteiger partial charge >= 0.3 is 5.97 Å². The molecule has 0 fully saturated rings. The highest BCUT2D eigenvalue weighted by Gasteiger charge is 2.33. The molecule has 20 heavy (non-hydrogen) atoms. The van der Waals surface area contributed by atoms with Crippen LogP contribution in [0.25, 0.3) is 0 Å². The summed E-state index contributed by atoms with van der Waals surface area (Å²) in [4.78, 5) is 27.7. The molecule has 1 amide bonds. The van der Waals surface area contributed by atoms with E-state index in [0.29, 0.717) is 19.3 Å². The van der Waals surface area contributed by atoms with Crippen molar-refractivity contribution >= 4 is 11.9 Å². The number of hydrogen-bond donors (Lipinski definition) is 1. The molecular formula is C15H22N2O3. The third-order valence-corrected chi connectivity index (χ3v) is 3.32. The van der Waals surface area contributed by atoms with Crippen LogP contribution in [0.15, 0.2) is 24.4 Å².